The molecule has 0 radical (unpaired) electrons. The third-order valence-electron chi connectivity index (χ3n) is 2.04. The zero-order valence-electron chi connectivity index (χ0n) is 8.51. The largest absolute Gasteiger partial charge is 0.454 e. The minimum absolute atomic E-state index is 0.397. The molecule has 0 spiro atoms. The molecular weight excluding hydrogens is 206 g/mol. The van der Waals surface area contributed by atoms with Gasteiger partial charge in [-0.15, -0.1) is 0 Å². The molecule has 0 aliphatic rings. The number of nitrogens with one attached hydrogen (secondary N) is 1. The second-order valence-corrected chi connectivity index (χ2v) is 3.20. The number of H-pyrrole nitrogens is 1. The van der Waals surface area contributed by atoms with Gasteiger partial charge in [0.05, 0.1) is 12.4 Å². The number of hydrogen-bond donors (Lipinski definition) is 2. The molecule has 2 aromatic rings. The molecule has 0 bridgehead atoms. The Hall–Kier alpha value is -2.14. The van der Waals surface area contributed by atoms with Crippen molar-refractivity contribution in [1.29, 1.82) is 0 Å². The average molecular weight is 217 g/mol. The minimum Gasteiger partial charge on any atom is -0.454 e. The van der Waals surface area contributed by atoms with E-state index in [0.717, 1.165) is 5.56 Å². The van der Waals surface area contributed by atoms with Gasteiger partial charge in [-0.25, -0.2) is 4.79 Å². The molecule has 0 unspecified atom stereocenters. The predicted molar refractivity (Wildman–Crippen MR) is 59.3 cm³/mol. The summed E-state index contributed by atoms with van der Waals surface area (Å²) in [7, 11) is 0. The Kier molecular flexibility index (Phi) is 2.98. The molecule has 1 aromatic carbocycles. The van der Waals surface area contributed by atoms with E-state index in [-0.39, 0.29) is 0 Å². The van der Waals surface area contributed by atoms with Crippen molar-refractivity contribution in [1.82, 2.24) is 9.97 Å². The standard InChI is InChI=1S/C11H11N3O2/c12-5-8-1-3-9(4-2-8)16-10-6-13-11(15)14-7-10/h1-4,6-7H,5,12H2,(H,13,14,15). The van der Waals surface area contributed by atoms with Gasteiger partial charge in [0.1, 0.15) is 5.75 Å². The van der Waals surface area contributed by atoms with E-state index in [2.05, 4.69) is 9.97 Å². The topological polar surface area (TPSA) is 81.0 Å². The first-order valence-electron chi connectivity index (χ1n) is 4.79. The summed E-state index contributed by atoms with van der Waals surface area (Å²) in [5, 5.41) is 0. The number of rotatable bonds is 3. The van der Waals surface area contributed by atoms with E-state index in [1.54, 1.807) is 0 Å². The number of hydrogen-bond acceptors (Lipinski definition) is 4. The number of benzene rings is 1. The summed E-state index contributed by atoms with van der Waals surface area (Å²) >= 11 is 0. The van der Waals surface area contributed by atoms with E-state index in [1.165, 1.54) is 12.4 Å². The fourth-order valence-electron chi connectivity index (χ4n) is 1.22. The third-order valence-corrected chi connectivity index (χ3v) is 2.04. The normalized spacial score (nSPS) is 10.1. The van der Waals surface area contributed by atoms with Crippen LogP contribution < -0.4 is 16.2 Å². The van der Waals surface area contributed by atoms with E-state index in [1.807, 2.05) is 24.3 Å². The molecule has 0 saturated carbocycles. The van der Waals surface area contributed by atoms with Crippen molar-refractivity contribution in [3.05, 3.63) is 52.7 Å². The molecule has 1 heterocycles. The summed E-state index contributed by atoms with van der Waals surface area (Å²) in [6.07, 6.45) is 2.84. The van der Waals surface area contributed by atoms with Crippen molar-refractivity contribution in [3.8, 4) is 11.5 Å². The Balaban J connectivity index is 2.14. The summed E-state index contributed by atoms with van der Waals surface area (Å²) < 4.78 is 5.46. The number of nitrogens with zero attached hydrogens (tertiary/aromatic N) is 1. The Morgan fingerprint density at radius 2 is 2.00 bits per heavy atom. The molecule has 0 atom stereocenters. The smallest absolute Gasteiger partial charge is 0.345 e. The van der Waals surface area contributed by atoms with Gasteiger partial charge >= 0.3 is 5.69 Å². The molecule has 82 valence electrons. The lowest BCUT2D eigenvalue weighted by Crippen LogP contribution is -2.07. The van der Waals surface area contributed by atoms with Crippen LogP contribution in [-0.2, 0) is 6.54 Å². The second kappa shape index (κ2) is 4.59. The van der Waals surface area contributed by atoms with Gasteiger partial charge < -0.3 is 15.5 Å². The molecular formula is C11H11N3O2. The summed E-state index contributed by atoms with van der Waals surface area (Å²) in [6, 6.07) is 7.39. The molecule has 0 amide bonds. The number of nitrogens with two attached hydrogens (primary N) is 1. The summed E-state index contributed by atoms with van der Waals surface area (Å²) in [5.74, 6) is 1.16. The van der Waals surface area contributed by atoms with Crippen LogP contribution in [0.25, 0.3) is 0 Å². The van der Waals surface area contributed by atoms with E-state index >= 15 is 0 Å². The van der Waals surface area contributed by atoms with Crippen LogP contribution in [0.15, 0.2) is 41.5 Å². The summed E-state index contributed by atoms with van der Waals surface area (Å²) in [4.78, 5) is 16.7. The van der Waals surface area contributed by atoms with Crippen molar-refractivity contribution in [3.63, 3.8) is 0 Å². The van der Waals surface area contributed by atoms with E-state index < -0.39 is 5.69 Å². The molecule has 3 N–H and O–H groups in total. The summed E-state index contributed by atoms with van der Waals surface area (Å²) in [5.41, 5.74) is 6.12. The second-order valence-electron chi connectivity index (χ2n) is 3.20. The van der Waals surface area contributed by atoms with Gasteiger partial charge in [-0.05, 0) is 17.7 Å². The maximum atomic E-state index is 10.7. The van der Waals surface area contributed by atoms with Crippen LogP contribution in [0.5, 0.6) is 11.5 Å². The van der Waals surface area contributed by atoms with Crippen LogP contribution >= 0.6 is 0 Å². The van der Waals surface area contributed by atoms with Crippen molar-refractivity contribution in [2.45, 2.75) is 6.54 Å². The van der Waals surface area contributed by atoms with Gasteiger partial charge in [0.25, 0.3) is 0 Å². The number of aromatic amines is 1. The van der Waals surface area contributed by atoms with Gasteiger partial charge in [0, 0.05) is 6.54 Å². The fraction of sp³-hybridized carbons (Fsp3) is 0.0909. The summed E-state index contributed by atoms with van der Waals surface area (Å²) in [6.45, 7) is 0.500. The van der Waals surface area contributed by atoms with E-state index in [0.29, 0.717) is 18.0 Å². The lowest BCUT2D eigenvalue weighted by atomic mass is 10.2. The highest BCUT2D eigenvalue weighted by molar-refractivity contribution is 5.30. The number of aromatic nitrogens is 2. The maximum Gasteiger partial charge on any atom is 0.345 e. The minimum atomic E-state index is -0.397. The van der Waals surface area contributed by atoms with Gasteiger partial charge in [0.2, 0.25) is 0 Å². The molecule has 0 aliphatic carbocycles. The molecule has 16 heavy (non-hydrogen) atoms. The Bertz CT molecular complexity index is 499. The lowest BCUT2D eigenvalue weighted by Gasteiger charge is -2.04. The predicted octanol–water partition coefficient (Wildman–Crippen LogP) is 1.02. The molecule has 0 aliphatic heterocycles. The fourth-order valence-corrected chi connectivity index (χ4v) is 1.22. The Morgan fingerprint density at radius 1 is 1.25 bits per heavy atom. The molecule has 2 rings (SSSR count). The van der Waals surface area contributed by atoms with Crippen molar-refractivity contribution in [2.75, 3.05) is 0 Å². The molecule has 0 fully saturated rings. The molecule has 0 saturated heterocycles. The van der Waals surface area contributed by atoms with Crippen LogP contribution in [0.3, 0.4) is 0 Å². The third kappa shape index (κ3) is 2.46. The van der Waals surface area contributed by atoms with Crippen LogP contribution in [-0.4, -0.2) is 9.97 Å². The van der Waals surface area contributed by atoms with Crippen molar-refractivity contribution < 1.29 is 4.74 Å². The van der Waals surface area contributed by atoms with Crippen molar-refractivity contribution in [2.24, 2.45) is 5.73 Å². The van der Waals surface area contributed by atoms with Gasteiger partial charge in [0.15, 0.2) is 5.75 Å². The lowest BCUT2D eigenvalue weighted by molar-refractivity contribution is 0.476. The van der Waals surface area contributed by atoms with Gasteiger partial charge in [-0.3, -0.25) is 0 Å². The van der Waals surface area contributed by atoms with Crippen LogP contribution in [0.1, 0.15) is 5.56 Å². The van der Waals surface area contributed by atoms with Crippen LogP contribution in [0, 0.1) is 0 Å². The average Bonchev–Trinajstić information content (AvgIpc) is 2.33. The molecule has 1 aromatic heterocycles. The van der Waals surface area contributed by atoms with Crippen molar-refractivity contribution >= 4 is 0 Å². The van der Waals surface area contributed by atoms with Gasteiger partial charge in [-0.1, -0.05) is 12.1 Å². The zero-order valence-corrected chi connectivity index (χ0v) is 8.51. The number of ether oxygens (including phenoxy) is 1. The zero-order chi connectivity index (χ0) is 11.4. The Morgan fingerprint density at radius 3 is 2.56 bits per heavy atom. The first-order valence-corrected chi connectivity index (χ1v) is 4.79. The first-order chi connectivity index (χ1) is 7.78. The van der Waals surface area contributed by atoms with E-state index in [4.69, 9.17) is 10.5 Å². The van der Waals surface area contributed by atoms with Crippen LogP contribution in [0.2, 0.25) is 0 Å². The quantitative estimate of drug-likeness (QED) is 0.804. The maximum absolute atomic E-state index is 10.7. The highest BCUT2D eigenvalue weighted by Gasteiger charge is 1.97. The van der Waals surface area contributed by atoms with Gasteiger partial charge in [-0.2, -0.15) is 4.98 Å². The highest BCUT2D eigenvalue weighted by atomic mass is 16.5. The molecule has 5 nitrogen and oxygen atoms in total. The first kappa shape index (κ1) is 10.4. The van der Waals surface area contributed by atoms with E-state index in [9.17, 15) is 4.79 Å². The Labute approximate surface area is 91.9 Å². The van der Waals surface area contributed by atoms with Crippen LogP contribution in [0.4, 0.5) is 0 Å². The monoisotopic (exact) mass is 217 g/mol. The SMILES string of the molecule is NCc1ccc(Oc2cnc(=O)[nH]c2)cc1. The molecule has 5 heteroatoms. The highest BCUT2D eigenvalue weighted by Crippen LogP contribution is 2.19.